The molecule has 3 heterocycles. The van der Waals surface area contributed by atoms with E-state index in [9.17, 15) is 9.59 Å². The first-order valence-electron chi connectivity index (χ1n) is 13.3. The number of rotatable bonds is 11. The Bertz CT molecular complexity index is 1490. The summed E-state index contributed by atoms with van der Waals surface area (Å²) in [6, 6.07) is 18.7. The highest BCUT2D eigenvalue weighted by Gasteiger charge is 2.11. The van der Waals surface area contributed by atoms with E-state index >= 15 is 0 Å². The topological polar surface area (TPSA) is 128 Å². The summed E-state index contributed by atoms with van der Waals surface area (Å²) < 4.78 is 16.4. The lowest BCUT2D eigenvalue weighted by atomic mass is 10.2. The molecule has 2 aromatic heterocycles. The van der Waals surface area contributed by atoms with Crippen LogP contribution in [-0.4, -0.2) is 71.2 Å². The Kier molecular flexibility index (Phi) is 9.43. The van der Waals surface area contributed by atoms with Gasteiger partial charge in [-0.3, -0.25) is 9.69 Å². The zero-order valence-electron chi connectivity index (χ0n) is 22.4. The number of hydrogen-bond acceptors (Lipinski definition) is 10. The van der Waals surface area contributed by atoms with E-state index < -0.39 is 11.9 Å². The first-order valence-corrected chi connectivity index (χ1v) is 13.3. The number of nitrogens with one attached hydrogen (secondary N) is 2. The van der Waals surface area contributed by atoms with E-state index in [0.29, 0.717) is 22.5 Å². The van der Waals surface area contributed by atoms with Gasteiger partial charge in [0.05, 0.1) is 31.5 Å². The molecule has 2 aromatic carbocycles. The maximum Gasteiger partial charge on any atom is 0.330 e. The lowest BCUT2D eigenvalue weighted by Gasteiger charge is -2.26. The van der Waals surface area contributed by atoms with E-state index in [-0.39, 0.29) is 12.4 Å². The van der Waals surface area contributed by atoms with Gasteiger partial charge in [0, 0.05) is 42.9 Å². The molecule has 0 bridgehead atoms. The molecule has 1 amide bonds. The maximum absolute atomic E-state index is 12.4. The summed E-state index contributed by atoms with van der Waals surface area (Å²) in [5.41, 5.74) is 1.39. The van der Waals surface area contributed by atoms with E-state index in [4.69, 9.17) is 14.2 Å². The molecule has 4 aromatic rings. The van der Waals surface area contributed by atoms with Gasteiger partial charge in [-0.05, 0) is 48.9 Å². The molecule has 0 unspecified atom stereocenters. The van der Waals surface area contributed by atoms with Crippen LogP contribution in [0.1, 0.15) is 6.42 Å². The Balaban J connectivity index is 1.14. The Morgan fingerprint density at radius 2 is 1.73 bits per heavy atom. The minimum absolute atomic E-state index is 0.285. The number of anilines is 3. The number of carbonyl (C=O) groups is 2. The standard InChI is InChI=1S/C30H30N6O5/c37-28(11-12-29(38)40-16-4-13-36-14-17-39-18-15-36)35-27-19-25-26(20-31-27)32-21-33-30(25)34-22-7-9-24(10-8-22)41-23-5-2-1-3-6-23/h1-3,5-12,19-21H,4,13-18H2,(H,31,35,37)(H,32,33,34)/b12-11+. The molecule has 5 rings (SSSR count). The molecule has 2 N–H and O–H groups in total. The first-order chi connectivity index (χ1) is 20.1. The third kappa shape index (κ3) is 8.31. The molecular formula is C30H30N6O5. The summed E-state index contributed by atoms with van der Waals surface area (Å²) in [5.74, 6) is 1.20. The molecular weight excluding hydrogens is 524 g/mol. The summed E-state index contributed by atoms with van der Waals surface area (Å²) in [4.78, 5) is 39.5. The number of amides is 1. The van der Waals surface area contributed by atoms with Crippen LogP contribution in [0.5, 0.6) is 11.5 Å². The van der Waals surface area contributed by atoms with Gasteiger partial charge in [-0.2, -0.15) is 0 Å². The number of esters is 1. The molecule has 1 fully saturated rings. The Morgan fingerprint density at radius 1 is 0.951 bits per heavy atom. The number of nitrogens with zero attached hydrogens (tertiary/aromatic N) is 4. The van der Waals surface area contributed by atoms with Crippen molar-refractivity contribution < 1.29 is 23.8 Å². The van der Waals surface area contributed by atoms with Crippen LogP contribution < -0.4 is 15.4 Å². The van der Waals surface area contributed by atoms with Gasteiger partial charge in [-0.1, -0.05) is 18.2 Å². The minimum Gasteiger partial charge on any atom is -0.462 e. The molecule has 0 radical (unpaired) electrons. The Labute approximate surface area is 237 Å². The highest BCUT2D eigenvalue weighted by Crippen LogP contribution is 2.27. The summed E-state index contributed by atoms with van der Waals surface area (Å²) in [6.45, 7) is 4.36. The molecule has 210 valence electrons. The Hall–Kier alpha value is -4.87. The van der Waals surface area contributed by atoms with Crippen molar-refractivity contribution in [2.45, 2.75) is 6.42 Å². The number of morpholine rings is 1. The lowest BCUT2D eigenvalue weighted by Crippen LogP contribution is -2.37. The van der Waals surface area contributed by atoms with Gasteiger partial charge in [-0.15, -0.1) is 0 Å². The fourth-order valence-corrected chi connectivity index (χ4v) is 4.14. The second-order valence-corrected chi connectivity index (χ2v) is 9.17. The molecule has 0 aliphatic carbocycles. The van der Waals surface area contributed by atoms with Crippen molar-refractivity contribution in [3.63, 3.8) is 0 Å². The van der Waals surface area contributed by atoms with Crippen molar-refractivity contribution >= 4 is 40.1 Å². The fraction of sp³-hybridized carbons (Fsp3) is 0.233. The number of aromatic nitrogens is 3. The van der Waals surface area contributed by atoms with Crippen LogP contribution in [0, 0.1) is 0 Å². The molecule has 0 spiro atoms. The molecule has 0 saturated carbocycles. The van der Waals surface area contributed by atoms with Crippen molar-refractivity contribution in [1.29, 1.82) is 0 Å². The molecule has 41 heavy (non-hydrogen) atoms. The van der Waals surface area contributed by atoms with Crippen LogP contribution in [0.2, 0.25) is 0 Å². The number of ether oxygens (including phenoxy) is 3. The third-order valence-electron chi connectivity index (χ3n) is 6.21. The van der Waals surface area contributed by atoms with Crippen LogP contribution >= 0.6 is 0 Å². The smallest absolute Gasteiger partial charge is 0.330 e. The van der Waals surface area contributed by atoms with Gasteiger partial charge >= 0.3 is 5.97 Å². The van der Waals surface area contributed by atoms with E-state index in [1.807, 2.05) is 54.6 Å². The number of hydrogen-bond donors (Lipinski definition) is 2. The monoisotopic (exact) mass is 554 g/mol. The van der Waals surface area contributed by atoms with Gasteiger partial charge in [0.15, 0.2) is 0 Å². The van der Waals surface area contributed by atoms with Gasteiger partial charge in [0.1, 0.15) is 29.5 Å². The molecule has 1 saturated heterocycles. The molecule has 11 nitrogen and oxygen atoms in total. The number of benzene rings is 2. The SMILES string of the molecule is O=C(/C=C/C(=O)OCCCN1CCOCC1)Nc1cc2c(Nc3ccc(Oc4ccccc4)cc3)ncnc2cn1. The predicted octanol–water partition coefficient (Wildman–Crippen LogP) is 4.32. The maximum atomic E-state index is 12.4. The largest absolute Gasteiger partial charge is 0.462 e. The number of carbonyl (C=O) groups excluding carboxylic acids is 2. The van der Waals surface area contributed by atoms with E-state index in [2.05, 4.69) is 30.5 Å². The van der Waals surface area contributed by atoms with Crippen LogP contribution in [0.3, 0.4) is 0 Å². The average molecular weight is 555 g/mol. The van der Waals surface area contributed by atoms with Crippen LogP contribution in [-0.2, 0) is 19.1 Å². The van der Waals surface area contributed by atoms with E-state index in [1.165, 1.54) is 6.33 Å². The number of pyridine rings is 1. The van der Waals surface area contributed by atoms with Crippen molar-refractivity contribution in [1.82, 2.24) is 19.9 Å². The van der Waals surface area contributed by atoms with Crippen molar-refractivity contribution in [3.8, 4) is 11.5 Å². The van der Waals surface area contributed by atoms with Gasteiger partial charge in [0.25, 0.3) is 0 Å². The lowest BCUT2D eigenvalue weighted by molar-refractivity contribution is -0.138. The quantitative estimate of drug-likeness (QED) is 0.157. The zero-order valence-corrected chi connectivity index (χ0v) is 22.4. The molecule has 1 aliphatic heterocycles. The summed E-state index contributed by atoms with van der Waals surface area (Å²) in [7, 11) is 0. The third-order valence-corrected chi connectivity index (χ3v) is 6.21. The zero-order chi connectivity index (χ0) is 28.3. The van der Waals surface area contributed by atoms with Crippen molar-refractivity contribution in [2.24, 2.45) is 0 Å². The van der Waals surface area contributed by atoms with E-state index in [1.54, 1.807) is 12.3 Å². The van der Waals surface area contributed by atoms with Crippen LogP contribution in [0.4, 0.5) is 17.3 Å². The minimum atomic E-state index is -0.575. The molecule has 1 aliphatic rings. The average Bonchev–Trinajstić information content (AvgIpc) is 3.00. The first kappa shape index (κ1) is 27.7. The van der Waals surface area contributed by atoms with Gasteiger partial charge < -0.3 is 24.8 Å². The molecule has 11 heteroatoms. The van der Waals surface area contributed by atoms with Crippen LogP contribution in [0.15, 0.2) is 85.3 Å². The number of para-hydroxylation sites is 1. The van der Waals surface area contributed by atoms with E-state index in [0.717, 1.165) is 62.9 Å². The predicted molar refractivity (Wildman–Crippen MR) is 154 cm³/mol. The molecule has 0 atom stereocenters. The summed E-state index contributed by atoms with van der Waals surface area (Å²) >= 11 is 0. The van der Waals surface area contributed by atoms with Crippen molar-refractivity contribution in [3.05, 3.63) is 85.3 Å². The second kappa shape index (κ2) is 14.0. The fourth-order valence-electron chi connectivity index (χ4n) is 4.14. The summed E-state index contributed by atoms with van der Waals surface area (Å²) in [5, 5.41) is 6.59. The highest BCUT2D eigenvalue weighted by molar-refractivity contribution is 6.03. The normalized spacial score (nSPS) is 13.7. The Morgan fingerprint density at radius 3 is 2.54 bits per heavy atom. The summed E-state index contributed by atoms with van der Waals surface area (Å²) in [6.07, 6.45) is 5.92. The second-order valence-electron chi connectivity index (χ2n) is 9.17. The van der Waals surface area contributed by atoms with Gasteiger partial charge in [-0.25, -0.2) is 19.7 Å². The van der Waals surface area contributed by atoms with Crippen molar-refractivity contribution in [2.75, 3.05) is 50.1 Å². The highest BCUT2D eigenvalue weighted by atomic mass is 16.5. The number of fused-ring (bicyclic) bond motifs is 1. The van der Waals surface area contributed by atoms with Crippen LogP contribution in [0.25, 0.3) is 10.9 Å². The van der Waals surface area contributed by atoms with Gasteiger partial charge in [0.2, 0.25) is 5.91 Å².